The quantitative estimate of drug-likeness (QED) is 0.868. The Kier molecular flexibility index (Phi) is 4.42. The van der Waals surface area contributed by atoms with Crippen LogP contribution in [0, 0.1) is 0 Å². The normalized spacial score (nSPS) is 21.6. The first kappa shape index (κ1) is 15.1. The lowest BCUT2D eigenvalue weighted by atomic mass is 10.2. The van der Waals surface area contributed by atoms with Crippen LogP contribution in [-0.4, -0.2) is 27.9 Å². The SMILES string of the molecule is O=C(O)C1CSC(c2ncc(-c3cccc(Cl)c3Cl)s2)N1. The van der Waals surface area contributed by atoms with Gasteiger partial charge in [-0.05, 0) is 6.07 Å². The summed E-state index contributed by atoms with van der Waals surface area (Å²) in [5, 5.41) is 13.8. The van der Waals surface area contributed by atoms with Crippen LogP contribution in [0.5, 0.6) is 0 Å². The molecule has 0 radical (unpaired) electrons. The Morgan fingerprint density at radius 3 is 2.95 bits per heavy atom. The van der Waals surface area contributed by atoms with E-state index in [4.69, 9.17) is 28.3 Å². The predicted octanol–water partition coefficient (Wildman–Crippen LogP) is 3.91. The summed E-state index contributed by atoms with van der Waals surface area (Å²) in [5.41, 5.74) is 0.839. The van der Waals surface area contributed by atoms with Gasteiger partial charge in [0.25, 0.3) is 0 Å². The van der Waals surface area contributed by atoms with Crippen LogP contribution in [0.3, 0.4) is 0 Å². The van der Waals surface area contributed by atoms with Gasteiger partial charge in [-0.1, -0.05) is 35.3 Å². The molecule has 0 bridgehead atoms. The number of rotatable bonds is 3. The van der Waals surface area contributed by atoms with E-state index in [-0.39, 0.29) is 5.37 Å². The van der Waals surface area contributed by atoms with E-state index in [1.54, 1.807) is 24.0 Å². The molecule has 1 aromatic carbocycles. The predicted molar refractivity (Wildman–Crippen MR) is 87.3 cm³/mol. The molecule has 2 atom stereocenters. The second-order valence-electron chi connectivity index (χ2n) is 4.43. The molecule has 2 aromatic rings. The Balaban J connectivity index is 1.84. The Labute approximate surface area is 139 Å². The highest BCUT2D eigenvalue weighted by atomic mass is 35.5. The smallest absolute Gasteiger partial charge is 0.321 e. The standard InChI is InChI=1S/C13H10Cl2N2O2S2/c14-7-3-1-2-6(10(7)15)9-4-16-11(21-9)12-17-8(5-20-12)13(18)19/h1-4,8,12,17H,5H2,(H,18,19). The van der Waals surface area contributed by atoms with Crippen LogP contribution in [0.25, 0.3) is 10.4 Å². The van der Waals surface area contributed by atoms with Crippen molar-refractivity contribution in [1.82, 2.24) is 10.3 Å². The molecular formula is C13H10Cl2N2O2S2. The maximum atomic E-state index is 11.0. The first-order valence-corrected chi connectivity index (χ1v) is 8.69. The second-order valence-corrected chi connectivity index (χ2v) is 7.42. The lowest BCUT2D eigenvalue weighted by Crippen LogP contribution is -2.33. The van der Waals surface area contributed by atoms with Gasteiger partial charge in [0.1, 0.15) is 16.4 Å². The molecule has 4 nitrogen and oxygen atoms in total. The van der Waals surface area contributed by atoms with Gasteiger partial charge >= 0.3 is 5.97 Å². The van der Waals surface area contributed by atoms with Gasteiger partial charge in [0, 0.05) is 17.5 Å². The number of hydrogen-bond acceptors (Lipinski definition) is 5. The number of thiazole rings is 1. The van der Waals surface area contributed by atoms with Crippen molar-refractivity contribution in [2.75, 3.05) is 5.75 Å². The van der Waals surface area contributed by atoms with Gasteiger partial charge < -0.3 is 5.11 Å². The van der Waals surface area contributed by atoms with Crippen LogP contribution in [0.1, 0.15) is 10.4 Å². The third kappa shape index (κ3) is 3.05. The molecule has 1 fully saturated rings. The Morgan fingerprint density at radius 1 is 1.43 bits per heavy atom. The lowest BCUT2D eigenvalue weighted by molar-refractivity contribution is -0.138. The number of carboxylic acid groups (broad SMARTS) is 1. The number of carboxylic acids is 1. The van der Waals surface area contributed by atoms with Gasteiger partial charge in [0.05, 0.1) is 14.9 Å². The van der Waals surface area contributed by atoms with Crippen molar-refractivity contribution in [3.8, 4) is 10.4 Å². The molecule has 3 rings (SSSR count). The lowest BCUT2D eigenvalue weighted by Gasteiger charge is -2.07. The van der Waals surface area contributed by atoms with Crippen molar-refractivity contribution in [2.45, 2.75) is 11.4 Å². The Hall–Kier alpha value is -0.790. The maximum absolute atomic E-state index is 11.0. The summed E-state index contributed by atoms with van der Waals surface area (Å²) < 4.78 is 0. The van der Waals surface area contributed by atoms with Crippen molar-refractivity contribution in [3.63, 3.8) is 0 Å². The molecule has 2 heterocycles. The van der Waals surface area contributed by atoms with Crippen LogP contribution in [0.2, 0.25) is 10.0 Å². The molecule has 1 aliphatic rings. The van der Waals surface area contributed by atoms with E-state index in [9.17, 15) is 4.79 Å². The molecule has 1 aromatic heterocycles. The molecule has 110 valence electrons. The maximum Gasteiger partial charge on any atom is 0.321 e. The summed E-state index contributed by atoms with van der Waals surface area (Å²) in [6.45, 7) is 0. The number of halogens is 2. The fourth-order valence-electron chi connectivity index (χ4n) is 1.98. The molecule has 0 amide bonds. The van der Waals surface area contributed by atoms with Crippen LogP contribution >= 0.6 is 46.3 Å². The van der Waals surface area contributed by atoms with Crippen molar-refractivity contribution in [1.29, 1.82) is 0 Å². The van der Waals surface area contributed by atoms with E-state index in [0.717, 1.165) is 15.4 Å². The topological polar surface area (TPSA) is 62.2 Å². The zero-order valence-electron chi connectivity index (χ0n) is 10.5. The summed E-state index contributed by atoms with van der Waals surface area (Å²) in [7, 11) is 0. The molecule has 1 saturated heterocycles. The largest absolute Gasteiger partial charge is 0.480 e. The number of carbonyl (C=O) groups is 1. The van der Waals surface area contributed by atoms with Crippen molar-refractivity contribution >= 4 is 52.3 Å². The van der Waals surface area contributed by atoms with Crippen molar-refractivity contribution in [3.05, 3.63) is 39.4 Å². The van der Waals surface area contributed by atoms with E-state index in [0.29, 0.717) is 15.8 Å². The third-order valence-electron chi connectivity index (χ3n) is 3.05. The van der Waals surface area contributed by atoms with Crippen LogP contribution < -0.4 is 5.32 Å². The van der Waals surface area contributed by atoms with Crippen molar-refractivity contribution in [2.24, 2.45) is 0 Å². The van der Waals surface area contributed by atoms with Crippen molar-refractivity contribution < 1.29 is 9.90 Å². The fraction of sp³-hybridized carbons (Fsp3) is 0.231. The Morgan fingerprint density at radius 2 is 2.24 bits per heavy atom. The second kappa shape index (κ2) is 6.14. The Bertz CT molecular complexity index is 693. The van der Waals surface area contributed by atoms with Gasteiger partial charge in [-0.3, -0.25) is 10.1 Å². The molecule has 1 aliphatic heterocycles. The first-order chi connectivity index (χ1) is 10.1. The van der Waals surface area contributed by atoms with Gasteiger partial charge in [0.15, 0.2) is 0 Å². The zero-order valence-corrected chi connectivity index (χ0v) is 13.7. The number of benzene rings is 1. The molecule has 0 aliphatic carbocycles. The first-order valence-electron chi connectivity index (χ1n) is 6.07. The minimum atomic E-state index is -0.834. The monoisotopic (exact) mass is 360 g/mol. The third-order valence-corrected chi connectivity index (χ3v) is 6.33. The molecule has 21 heavy (non-hydrogen) atoms. The summed E-state index contributed by atoms with van der Waals surface area (Å²) in [5.74, 6) is -0.299. The molecule has 0 saturated carbocycles. The highest BCUT2D eigenvalue weighted by Crippen LogP contribution is 2.40. The van der Waals surface area contributed by atoms with Crippen LogP contribution in [-0.2, 0) is 4.79 Å². The summed E-state index contributed by atoms with van der Waals surface area (Å²) >= 11 is 15.3. The summed E-state index contributed by atoms with van der Waals surface area (Å²) in [6.07, 6.45) is 1.74. The average molecular weight is 361 g/mol. The number of hydrogen-bond donors (Lipinski definition) is 2. The van der Waals surface area contributed by atoms with E-state index in [1.807, 2.05) is 12.1 Å². The number of thioether (sulfide) groups is 1. The van der Waals surface area contributed by atoms with Crippen LogP contribution in [0.15, 0.2) is 24.4 Å². The summed E-state index contributed by atoms with van der Waals surface area (Å²) in [6, 6.07) is 4.94. The number of aliphatic carboxylic acids is 1. The fourth-order valence-corrected chi connectivity index (χ4v) is 4.77. The molecule has 8 heteroatoms. The minimum Gasteiger partial charge on any atom is -0.480 e. The highest BCUT2D eigenvalue weighted by Gasteiger charge is 2.32. The zero-order chi connectivity index (χ0) is 15.0. The molecule has 2 unspecified atom stereocenters. The number of nitrogens with zero attached hydrogens (tertiary/aromatic N) is 1. The van der Waals surface area contributed by atoms with Gasteiger partial charge in [-0.15, -0.1) is 23.1 Å². The van der Waals surface area contributed by atoms with E-state index >= 15 is 0 Å². The van der Waals surface area contributed by atoms with Gasteiger partial charge in [-0.25, -0.2) is 4.98 Å². The number of aromatic nitrogens is 1. The van der Waals surface area contributed by atoms with Crippen LogP contribution in [0.4, 0.5) is 0 Å². The number of nitrogens with one attached hydrogen (secondary N) is 1. The summed E-state index contributed by atoms with van der Waals surface area (Å²) in [4.78, 5) is 16.3. The van der Waals surface area contributed by atoms with E-state index < -0.39 is 12.0 Å². The minimum absolute atomic E-state index is 0.0946. The molecule has 2 N–H and O–H groups in total. The van der Waals surface area contributed by atoms with E-state index in [1.165, 1.54) is 11.3 Å². The highest BCUT2D eigenvalue weighted by molar-refractivity contribution is 7.99. The van der Waals surface area contributed by atoms with Gasteiger partial charge in [0.2, 0.25) is 0 Å². The van der Waals surface area contributed by atoms with Gasteiger partial charge in [-0.2, -0.15) is 0 Å². The molecule has 0 spiro atoms. The average Bonchev–Trinajstić information content (AvgIpc) is 3.09. The van der Waals surface area contributed by atoms with E-state index in [2.05, 4.69) is 10.3 Å². The molecular weight excluding hydrogens is 351 g/mol.